The van der Waals surface area contributed by atoms with Gasteiger partial charge in [-0.15, -0.1) is 4.68 Å². The third-order valence-electron chi connectivity index (χ3n) is 2.55. The van der Waals surface area contributed by atoms with Gasteiger partial charge in [-0.25, -0.2) is 8.39 Å². The highest BCUT2D eigenvalue weighted by Crippen LogP contribution is 2.38. The van der Waals surface area contributed by atoms with Crippen molar-refractivity contribution in [2.24, 2.45) is 0 Å². The Hall–Kier alpha value is -1.44. The smallest absolute Gasteiger partial charge is 0.365 e. The number of aromatic nitrogens is 2. The Labute approximate surface area is 152 Å². The molecule has 0 radical (unpaired) electrons. The van der Waals surface area contributed by atoms with Crippen LogP contribution in [0.1, 0.15) is 6.92 Å². The summed E-state index contributed by atoms with van der Waals surface area (Å²) < 4.78 is 42.8. The van der Waals surface area contributed by atoms with Crippen LogP contribution >= 0.6 is 34.8 Å². The average Bonchev–Trinajstić information content (AvgIpc) is 2.73. The zero-order chi connectivity index (χ0) is 18.2. The highest BCUT2D eigenvalue weighted by molar-refractivity contribution is 7.80. The number of nitrogen functional groups attached to an aromatic ring is 1. The predicted molar refractivity (Wildman–Crippen MR) is 87.4 cm³/mol. The van der Waals surface area contributed by atoms with Crippen molar-refractivity contribution in [2.75, 3.05) is 5.73 Å². The second-order valence-electron chi connectivity index (χ2n) is 4.41. The number of benzene rings is 1. The molecule has 0 saturated carbocycles. The maximum absolute atomic E-state index is 12.9. The van der Waals surface area contributed by atoms with E-state index in [1.165, 1.54) is 12.1 Å². The lowest BCUT2D eigenvalue weighted by atomic mass is 10.3. The normalized spacial score (nSPS) is 12.9. The second kappa shape index (κ2) is 6.82. The van der Waals surface area contributed by atoms with Gasteiger partial charge in [-0.2, -0.15) is 8.78 Å². The fourth-order valence-electron chi connectivity index (χ4n) is 1.72. The van der Waals surface area contributed by atoms with E-state index < -0.39 is 27.9 Å². The molecule has 128 valence electrons. The van der Waals surface area contributed by atoms with Crippen LogP contribution in [-0.2, 0) is 15.3 Å². The number of nitrogens with two attached hydrogens (primary N) is 1. The van der Waals surface area contributed by atoms with Crippen LogP contribution in [0.25, 0.3) is 10.5 Å². The monoisotopic (exact) mass is 414 g/mol. The first-order valence-corrected chi connectivity index (χ1v) is 8.16. The first-order chi connectivity index (χ1) is 11.0. The lowest BCUT2D eigenvalue weighted by Gasteiger charge is -2.10. The van der Waals surface area contributed by atoms with Gasteiger partial charge in [-0.3, -0.25) is 0 Å². The molecule has 1 aromatic heterocycles. The molecule has 0 spiro atoms. The largest absolute Gasteiger partial charge is 0.382 e. The molecule has 6 nitrogen and oxygen atoms in total. The molecule has 1 atom stereocenters. The summed E-state index contributed by atoms with van der Waals surface area (Å²) in [6, 6.07) is 2.69. The molecular weight excluding hydrogens is 409 g/mol. The molecule has 2 rings (SSSR count). The van der Waals surface area contributed by atoms with Crippen LogP contribution in [0.5, 0.6) is 0 Å². The molecule has 24 heavy (non-hydrogen) atoms. The molecule has 0 amide bonds. The molecule has 12 heteroatoms. The van der Waals surface area contributed by atoms with Crippen LogP contribution in [0.4, 0.5) is 20.4 Å². The molecule has 0 bridgehead atoms. The minimum atomic E-state index is -3.70. The minimum absolute atomic E-state index is 0.0392. The summed E-state index contributed by atoms with van der Waals surface area (Å²) in [5.74, 6) is -0.869. The molecule has 0 aliphatic rings. The lowest BCUT2D eigenvalue weighted by molar-refractivity contribution is -0.151. The Morgan fingerprint density at radius 2 is 1.92 bits per heavy atom. The fourth-order valence-corrected chi connectivity index (χ4v) is 3.54. The van der Waals surface area contributed by atoms with E-state index in [0.29, 0.717) is 6.92 Å². The van der Waals surface area contributed by atoms with E-state index in [1.54, 1.807) is 0 Å². The molecule has 0 aliphatic carbocycles. The summed E-state index contributed by atoms with van der Waals surface area (Å²) in [6.07, 6.45) is -3.70. The number of anilines is 1. The van der Waals surface area contributed by atoms with Crippen molar-refractivity contribution in [1.29, 1.82) is 0 Å². The predicted octanol–water partition coefficient (Wildman–Crippen LogP) is 4.62. The van der Waals surface area contributed by atoms with Gasteiger partial charge in [0.25, 0.3) is 0 Å². The van der Waals surface area contributed by atoms with Gasteiger partial charge in [0.2, 0.25) is 0 Å². The molecule has 2 N–H and O–H groups in total. The van der Waals surface area contributed by atoms with Gasteiger partial charge in [-0.05, 0) is 17.2 Å². The Balaban J connectivity index is 2.65. The summed E-state index contributed by atoms with van der Waals surface area (Å²) >= 11 is 15.2. The molecule has 0 aliphatic heterocycles. The van der Waals surface area contributed by atoms with Crippen molar-refractivity contribution in [2.45, 2.75) is 17.9 Å². The van der Waals surface area contributed by atoms with Crippen LogP contribution in [0.15, 0.2) is 17.0 Å². The number of halogens is 5. The van der Waals surface area contributed by atoms with Gasteiger partial charge < -0.3 is 10.6 Å². The van der Waals surface area contributed by atoms with Crippen LogP contribution in [0.2, 0.25) is 15.1 Å². The van der Waals surface area contributed by atoms with Gasteiger partial charge >= 0.3 is 11.9 Å². The summed E-state index contributed by atoms with van der Waals surface area (Å²) in [6.45, 7) is 7.45. The highest BCUT2D eigenvalue weighted by atomic mass is 35.5. The summed E-state index contributed by atoms with van der Waals surface area (Å²) in [5, 5.41) is 4.13. The Kier molecular flexibility index (Phi) is 5.37. The third-order valence-corrected chi connectivity index (χ3v) is 4.51. The van der Waals surface area contributed by atoms with E-state index in [2.05, 4.69) is 14.1 Å². The van der Waals surface area contributed by atoms with Crippen molar-refractivity contribution in [3.05, 3.63) is 38.6 Å². The maximum Gasteiger partial charge on any atom is 0.365 e. The number of rotatable bonds is 4. The topological polar surface area (TPSA) is 74.5 Å². The number of hydrogen-bond donors (Lipinski definition) is 1. The molecular formula is C12H7Cl3F2N4O2S. The van der Waals surface area contributed by atoms with Crippen molar-refractivity contribution in [1.82, 2.24) is 9.78 Å². The van der Waals surface area contributed by atoms with E-state index in [9.17, 15) is 13.0 Å². The Morgan fingerprint density at radius 3 is 2.38 bits per heavy atom. The van der Waals surface area contributed by atoms with Gasteiger partial charge in [0.05, 0.1) is 10.0 Å². The first kappa shape index (κ1) is 18.9. The van der Waals surface area contributed by atoms with Gasteiger partial charge in [0.1, 0.15) is 10.6 Å². The van der Waals surface area contributed by atoms with Crippen molar-refractivity contribution in [3.63, 3.8) is 0 Å². The molecule has 0 saturated heterocycles. The minimum Gasteiger partial charge on any atom is -0.382 e. The van der Waals surface area contributed by atoms with Crippen LogP contribution in [0.3, 0.4) is 0 Å². The Morgan fingerprint density at radius 1 is 1.38 bits per heavy atom. The van der Waals surface area contributed by atoms with E-state index in [0.717, 1.165) is 4.68 Å². The molecule has 0 fully saturated rings. The standard InChI is InChI=1S/C12H7Cl3F2N4O2S/c1-12(16,17)23-24(22)9-10(18)21(20-11(9)19-2)8-6(14)3-5(13)4-7(8)15/h3-4H,18H2,1H3. The van der Waals surface area contributed by atoms with Crippen LogP contribution in [0, 0.1) is 6.57 Å². The van der Waals surface area contributed by atoms with Crippen molar-refractivity contribution < 1.29 is 17.2 Å². The molecule has 2 aromatic rings. The third kappa shape index (κ3) is 3.79. The summed E-state index contributed by atoms with van der Waals surface area (Å²) in [4.78, 5) is 2.51. The quantitative estimate of drug-likeness (QED) is 0.740. The second-order valence-corrected chi connectivity index (χ2v) is 6.70. The maximum atomic E-state index is 12.9. The number of alkyl halides is 2. The SMILES string of the molecule is [C-]#[N+]c1nn(-c2c(Cl)cc(Cl)cc2Cl)c(N)c1S(=O)OC(C)(F)F. The average molecular weight is 416 g/mol. The van der Waals surface area contributed by atoms with E-state index in [-0.39, 0.29) is 26.6 Å². The molecule has 1 unspecified atom stereocenters. The van der Waals surface area contributed by atoms with Crippen LogP contribution < -0.4 is 5.73 Å². The van der Waals surface area contributed by atoms with Crippen molar-refractivity contribution in [3.8, 4) is 5.69 Å². The molecule has 1 aromatic carbocycles. The lowest BCUT2D eigenvalue weighted by Crippen LogP contribution is -2.17. The molecule has 1 heterocycles. The summed E-state index contributed by atoms with van der Waals surface area (Å²) in [5.41, 5.74) is 5.85. The van der Waals surface area contributed by atoms with E-state index in [4.69, 9.17) is 47.1 Å². The van der Waals surface area contributed by atoms with Gasteiger partial charge in [0, 0.05) is 11.9 Å². The fraction of sp³-hybridized carbons (Fsp3) is 0.167. The van der Waals surface area contributed by atoms with Crippen molar-refractivity contribution >= 4 is 57.5 Å². The highest BCUT2D eigenvalue weighted by Gasteiger charge is 2.33. The summed E-state index contributed by atoms with van der Waals surface area (Å²) in [7, 11) is 0. The van der Waals surface area contributed by atoms with Gasteiger partial charge in [0.15, 0.2) is 16.9 Å². The van der Waals surface area contributed by atoms with Gasteiger partial charge in [-0.1, -0.05) is 41.4 Å². The number of hydrogen-bond acceptors (Lipinski definition) is 4. The van der Waals surface area contributed by atoms with E-state index in [1.807, 2.05) is 0 Å². The Bertz CT molecular complexity index is 853. The zero-order valence-electron chi connectivity index (χ0n) is 11.7. The number of nitrogens with zero attached hydrogens (tertiary/aromatic N) is 3. The zero-order valence-corrected chi connectivity index (χ0v) is 14.8. The van der Waals surface area contributed by atoms with E-state index >= 15 is 0 Å². The van der Waals surface area contributed by atoms with Crippen LogP contribution in [-0.4, -0.2) is 20.1 Å². The first-order valence-electron chi connectivity index (χ1n) is 5.95.